The summed E-state index contributed by atoms with van der Waals surface area (Å²) in [6.07, 6.45) is 3.73. The number of imidazole rings is 1. The molecule has 1 aliphatic rings. The van der Waals surface area contributed by atoms with Gasteiger partial charge in [0.15, 0.2) is 5.78 Å². The second kappa shape index (κ2) is 4.77. The first-order valence-electron chi connectivity index (χ1n) is 6.99. The average Bonchev–Trinajstić information content (AvgIpc) is 3.06. The maximum Gasteiger partial charge on any atom is 0.171 e. The molecule has 1 aromatic carbocycles. The maximum absolute atomic E-state index is 12.9. The smallest absolute Gasteiger partial charge is 0.171 e. The second-order valence-electron chi connectivity index (χ2n) is 5.37. The first-order valence-corrected chi connectivity index (χ1v) is 7.98. The van der Waals surface area contributed by atoms with Crippen molar-refractivity contribution in [3.8, 4) is 0 Å². The van der Waals surface area contributed by atoms with Gasteiger partial charge in [0.05, 0.1) is 10.6 Å². The number of aryl methyl sites for hydroxylation is 1. The van der Waals surface area contributed by atoms with E-state index in [4.69, 9.17) is 0 Å². The summed E-state index contributed by atoms with van der Waals surface area (Å²) in [5, 5.41) is 2.05. The zero-order valence-corrected chi connectivity index (χ0v) is 12.5. The summed E-state index contributed by atoms with van der Waals surface area (Å²) in [6, 6.07) is 8.02. The molecule has 3 heterocycles. The summed E-state index contributed by atoms with van der Waals surface area (Å²) in [4.78, 5) is 20.5. The first-order chi connectivity index (χ1) is 10.2. The fourth-order valence-corrected chi connectivity index (χ4v) is 4.07. The molecule has 1 aliphatic heterocycles. The SMILES string of the molecule is Cc1nccn1CC1CSc2[nH]c3ccccc3c2C1=O. The number of Topliss-reactive ketones (excluding diaryl/α,β-unsaturated/α-hetero) is 1. The van der Waals surface area contributed by atoms with E-state index in [0.29, 0.717) is 6.54 Å². The van der Waals surface area contributed by atoms with Crippen LogP contribution in [0, 0.1) is 12.8 Å². The van der Waals surface area contributed by atoms with Crippen molar-refractivity contribution in [1.29, 1.82) is 0 Å². The Morgan fingerprint density at radius 3 is 3.10 bits per heavy atom. The number of benzene rings is 1. The third-order valence-corrected chi connectivity index (χ3v) is 5.22. The fraction of sp³-hybridized carbons (Fsp3) is 0.250. The number of hydrogen-bond acceptors (Lipinski definition) is 3. The highest BCUT2D eigenvalue weighted by Crippen LogP contribution is 2.37. The summed E-state index contributed by atoms with van der Waals surface area (Å²) >= 11 is 1.74. The van der Waals surface area contributed by atoms with E-state index in [1.54, 1.807) is 18.0 Å². The molecule has 4 rings (SSSR count). The lowest BCUT2D eigenvalue weighted by molar-refractivity contribution is 0.0916. The van der Waals surface area contributed by atoms with Gasteiger partial charge in [0.25, 0.3) is 0 Å². The molecule has 21 heavy (non-hydrogen) atoms. The van der Waals surface area contributed by atoms with Gasteiger partial charge in [-0.3, -0.25) is 4.79 Å². The lowest BCUT2D eigenvalue weighted by Gasteiger charge is -2.21. The number of para-hydroxylation sites is 1. The van der Waals surface area contributed by atoms with Crippen LogP contribution in [0.5, 0.6) is 0 Å². The van der Waals surface area contributed by atoms with Crippen molar-refractivity contribution in [3.05, 3.63) is 48.0 Å². The molecule has 4 nitrogen and oxygen atoms in total. The van der Waals surface area contributed by atoms with E-state index < -0.39 is 0 Å². The molecule has 1 N–H and O–H groups in total. The van der Waals surface area contributed by atoms with Gasteiger partial charge in [0, 0.05) is 41.5 Å². The number of hydrogen-bond donors (Lipinski definition) is 1. The molecule has 0 saturated heterocycles. The number of ketones is 1. The quantitative estimate of drug-likeness (QED) is 0.789. The van der Waals surface area contributed by atoms with Gasteiger partial charge in [0.1, 0.15) is 5.82 Å². The third kappa shape index (κ3) is 2.00. The number of carbonyl (C=O) groups excluding carboxylic acids is 1. The Kier molecular flexibility index (Phi) is 2.89. The number of H-pyrrole nitrogens is 1. The van der Waals surface area contributed by atoms with Crippen molar-refractivity contribution < 1.29 is 4.79 Å². The Bertz CT molecular complexity index is 833. The number of aromatic amines is 1. The molecule has 0 aliphatic carbocycles. The number of rotatable bonds is 2. The highest BCUT2D eigenvalue weighted by Gasteiger charge is 2.31. The average molecular weight is 297 g/mol. The van der Waals surface area contributed by atoms with Gasteiger partial charge in [-0.25, -0.2) is 4.98 Å². The predicted molar refractivity (Wildman–Crippen MR) is 83.8 cm³/mol. The van der Waals surface area contributed by atoms with Crippen molar-refractivity contribution in [2.75, 3.05) is 5.75 Å². The summed E-state index contributed by atoms with van der Waals surface area (Å²) in [5.74, 6) is 2.03. The molecule has 1 atom stereocenters. The third-order valence-electron chi connectivity index (χ3n) is 4.06. The van der Waals surface area contributed by atoms with Crippen molar-refractivity contribution in [3.63, 3.8) is 0 Å². The minimum absolute atomic E-state index is 0.00889. The Morgan fingerprint density at radius 1 is 1.43 bits per heavy atom. The van der Waals surface area contributed by atoms with Crippen molar-refractivity contribution in [1.82, 2.24) is 14.5 Å². The summed E-state index contributed by atoms with van der Waals surface area (Å²) in [6.45, 7) is 2.67. The molecule has 3 aromatic rings. The van der Waals surface area contributed by atoms with Crippen molar-refractivity contribution in [2.45, 2.75) is 18.5 Å². The van der Waals surface area contributed by atoms with E-state index in [-0.39, 0.29) is 11.7 Å². The number of carbonyl (C=O) groups is 1. The van der Waals surface area contributed by atoms with Gasteiger partial charge in [-0.1, -0.05) is 18.2 Å². The van der Waals surface area contributed by atoms with Crippen molar-refractivity contribution in [2.24, 2.45) is 5.92 Å². The lowest BCUT2D eigenvalue weighted by atomic mass is 9.98. The molecule has 0 bridgehead atoms. The molecule has 2 aromatic heterocycles. The summed E-state index contributed by atoms with van der Waals surface area (Å²) < 4.78 is 2.06. The van der Waals surface area contributed by atoms with E-state index in [1.807, 2.05) is 37.4 Å². The van der Waals surface area contributed by atoms with Gasteiger partial charge < -0.3 is 9.55 Å². The number of aromatic nitrogens is 3. The Morgan fingerprint density at radius 2 is 2.29 bits per heavy atom. The number of fused-ring (bicyclic) bond motifs is 3. The summed E-state index contributed by atoms with van der Waals surface area (Å²) in [5.41, 5.74) is 1.91. The molecule has 5 heteroatoms. The molecule has 106 valence electrons. The van der Waals surface area contributed by atoms with Crippen LogP contribution >= 0.6 is 11.8 Å². The standard InChI is InChI=1S/C16H15N3OS/c1-10-17-6-7-19(10)8-11-9-21-16-14(15(11)20)12-4-2-3-5-13(12)18-16/h2-7,11,18H,8-9H2,1H3. The van der Waals surface area contributed by atoms with Gasteiger partial charge >= 0.3 is 0 Å². The fourth-order valence-electron chi connectivity index (χ4n) is 2.90. The molecule has 0 saturated carbocycles. The minimum atomic E-state index is 0.00889. The zero-order valence-electron chi connectivity index (χ0n) is 11.7. The Labute approximate surface area is 126 Å². The number of thioether (sulfide) groups is 1. The van der Waals surface area contributed by atoms with Crippen molar-refractivity contribution >= 4 is 28.4 Å². The maximum atomic E-state index is 12.9. The predicted octanol–water partition coefficient (Wildman–Crippen LogP) is 3.28. The number of nitrogens with one attached hydrogen (secondary N) is 1. The van der Waals surface area contributed by atoms with Crippen LogP contribution in [-0.2, 0) is 6.54 Å². The molecule has 0 fully saturated rings. The van der Waals surface area contributed by atoms with Crippen LogP contribution in [0.3, 0.4) is 0 Å². The summed E-state index contributed by atoms with van der Waals surface area (Å²) in [7, 11) is 0. The minimum Gasteiger partial charge on any atom is -0.349 e. The molecule has 0 amide bonds. The van der Waals surface area contributed by atoms with Crippen LogP contribution in [0.1, 0.15) is 16.2 Å². The van der Waals surface area contributed by atoms with E-state index in [1.165, 1.54) is 0 Å². The Hall–Kier alpha value is -2.01. The normalized spacial score (nSPS) is 18.1. The largest absolute Gasteiger partial charge is 0.349 e. The molecule has 0 spiro atoms. The highest BCUT2D eigenvalue weighted by atomic mass is 32.2. The van der Waals surface area contributed by atoms with Gasteiger partial charge in [-0.05, 0) is 13.0 Å². The Balaban J connectivity index is 1.73. The van der Waals surface area contributed by atoms with Crippen LogP contribution in [0.2, 0.25) is 0 Å². The van der Waals surface area contributed by atoms with E-state index in [0.717, 1.165) is 33.1 Å². The molecular weight excluding hydrogens is 282 g/mol. The second-order valence-corrected chi connectivity index (χ2v) is 6.40. The van der Waals surface area contributed by atoms with Gasteiger partial charge in [0.2, 0.25) is 0 Å². The lowest BCUT2D eigenvalue weighted by Crippen LogP contribution is -2.26. The first kappa shape index (κ1) is 12.7. The van der Waals surface area contributed by atoms with Crippen LogP contribution in [0.15, 0.2) is 41.7 Å². The van der Waals surface area contributed by atoms with Crippen LogP contribution in [0.25, 0.3) is 10.9 Å². The van der Waals surface area contributed by atoms with Crippen LogP contribution in [-0.4, -0.2) is 26.1 Å². The van der Waals surface area contributed by atoms with Gasteiger partial charge in [-0.15, -0.1) is 11.8 Å². The van der Waals surface area contributed by atoms with E-state index in [2.05, 4.69) is 14.5 Å². The van der Waals surface area contributed by atoms with Crippen LogP contribution in [0.4, 0.5) is 0 Å². The highest BCUT2D eigenvalue weighted by molar-refractivity contribution is 7.99. The molecule has 1 unspecified atom stereocenters. The zero-order chi connectivity index (χ0) is 14.4. The topological polar surface area (TPSA) is 50.7 Å². The van der Waals surface area contributed by atoms with Crippen LogP contribution < -0.4 is 0 Å². The monoisotopic (exact) mass is 297 g/mol. The molecule has 0 radical (unpaired) electrons. The number of nitrogens with zero attached hydrogens (tertiary/aromatic N) is 2. The van der Waals surface area contributed by atoms with E-state index >= 15 is 0 Å². The molecular formula is C16H15N3OS. The van der Waals surface area contributed by atoms with Gasteiger partial charge in [-0.2, -0.15) is 0 Å². The van der Waals surface area contributed by atoms with E-state index in [9.17, 15) is 4.79 Å².